The second-order valence-electron chi connectivity index (χ2n) is 6.69. The van der Waals surface area contributed by atoms with Gasteiger partial charge in [0.05, 0.1) is 19.1 Å². The maximum Gasteiger partial charge on any atom is 0.308 e. The van der Waals surface area contributed by atoms with E-state index >= 15 is 0 Å². The Morgan fingerprint density at radius 1 is 1.00 bits per heavy atom. The molecular weight excluding hydrogens is 372 g/mol. The SMILES string of the molecule is COc1ccccc1C(=O)NCCC(=O)OCC(=O)Nc1c(C)cc(C)cc1C. The molecule has 29 heavy (non-hydrogen) atoms. The van der Waals surface area contributed by atoms with E-state index in [0.29, 0.717) is 11.3 Å². The molecule has 0 aromatic heterocycles. The fourth-order valence-corrected chi connectivity index (χ4v) is 2.98. The smallest absolute Gasteiger partial charge is 0.308 e. The lowest BCUT2D eigenvalue weighted by molar-refractivity contribution is -0.147. The summed E-state index contributed by atoms with van der Waals surface area (Å²) < 4.78 is 10.1. The van der Waals surface area contributed by atoms with Crippen molar-refractivity contribution in [2.45, 2.75) is 27.2 Å². The number of rotatable bonds is 8. The topological polar surface area (TPSA) is 93.7 Å². The zero-order chi connectivity index (χ0) is 21.4. The number of hydrogen-bond donors (Lipinski definition) is 2. The van der Waals surface area contributed by atoms with Gasteiger partial charge in [0.25, 0.3) is 11.8 Å². The number of esters is 1. The first-order valence-electron chi connectivity index (χ1n) is 9.26. The maximum absolute atomic E-state index is 12.2. The fourth-order valence-electron chi connectivity index (χ4n) is 2.98. The summed E-state index contributed by atoms with van der Waals surface area (Å²) in [5.74, 6) is -0.881. The van der Waals surface area contributed by atoms with E-state index in [1.54, 1.807) is 24.3 Å². The fraction of sp³-hybridized carbons (Fsp3) is 0.318. The minimum atomic E-state index is -0.571. The van der Waals surface area contributed by atoms with E-state index in [4.69, 9.17) is 9.47 Å². The number of nitrogens with one attached hydrogen (secondary N) is 2. The number of ether oxygens (including phenoxy) is 2. The molecule has 2 rings (SSSR count). The van der Waals surface area contributed by atoms with Gasteiger partial charge < -0.3 is 20.1 Å². The van der Waals surface area contributed by atoms with E-state index in [1.165, 1.54) is 7.11 Å². The van der Waals surface area contributed by atoms with E-state index in [-0.39, 0.29) is 25.5 Å². The molecule has 0 aliphatic rings. The van der Waals surface area contributed by atoms with Gasteiger partial charge in [-0.3, -0.25) is 14.4 Å². The van der Waals surface area contributed by atoms with Gasteiger partial charge in [-0.05, 0) is 44.0 Å². The van der Waals surface area contributed by atoms with Gasteiger partial charge in [0, 0.05) is 12.2 Å². The van der Waals surface area contributed by atoms with Gasteiger partial charge in [-0.25, -0.2) is 0 Å². The van der Waals surface area contributed by atoms with Gasteiger partial charge in [-0.2, -0.15) is 0 Å². The lowest BCUT2D eigenvalue weighted by atomic mass is 10.1. The Kier molecular flexibility index (Phi) is 7.77. The summed E-state index contributed by atoms with van der Waals surface area (Å²) in [7, 11) is 1.48. The number of benzene rings is 2. The van der Waals surface area contributed by atoms with Crippen molar-refractivity contribution < 1.29 is 23.9 Å². The molecule has 0 saturated heterocycles. The summed E-state index contributed by atoms with van der Waals surface area (Å²) in [6.07, 6.45) is -0.0449. The standard InChI is InChI=1S/C22H26N2O5/c1-14-11-15(2)21(16(3)12-14)24-19(25)13-29-20(26)9-10-23-22(27)17-7-5-6-8-18(17)28-4/h5-8,11-12H,9-10,13H2,1-4H3,(H,23,27)(H,24,25). The molecule has 0 atom stereocenters. The monoisotopic (exact) mass is 398 g/mol. The van der Waals surface area contributed by atoms with Gasteiger partial charge in [0.2, 0.25) is 0 Å². The molecule has 0 aliphatic heterocycles. The molecule has 154 valence electrons. The first kappa shape index (κ1) is 21.9. The van der Waals surface area contributed by atoms with Crippen molar-refractivity contribution in [3.8, 4) is 5.75 Å². The zero-order valence-corrected chi connectivity index (χ0v) is 17.1. The van der Waals surface area contributed by atoms with Gasteiger partial charge in [0.15, 0.2) is 6.61 Å². The quantitative estimate of drug-likeness (QED) is 0.667. The molecule has 2 N–H and O–H groups in total. The van der Waals surface area contributed by atoms with E-state index in [0.717, 1.165) is 22.4 Å². The molecule has 2 aromatic carbocycles. The third-order valence-corrected chi connectivity index (χ3v) is 4.27. The average Bonchev–Trinajstić information content (AvgIpc) is 2.69. The summed E-state index contributed by atoms with van der Waals surface area (Å²) in [6, 6.07) is 10.7. The largest absolute Gasteiger partial charge is 0.496 e. The van der Waals surface area contributed by atoms with Crippen LogP contribution in [-0.2, 0) is 14.3 Å². The highest BCUT2D eigenvalue weighted by atomic mass is 16.5. The first-order valence-corrected chi connectivity index (χ1v) is 9.26. The Labute approximate surface area is 170 Å². The van der Waals surface area contributed by atoms with Crippen LogP contribution in [0.3, 0.4) is 0 Å². The summed E-state index contributed by atoms with van der Waals surface area (Å²) in [5, 5.41) is 5.40. The van der Waals surface area contributed by atoms with Gasteiger partial charge in [-0.15, -0.1) is 0 Å². The van der Waals surface area contributed by atoms with Crippen molar-refractivity contribution in [1.29, 1.82) is 0 Å². The first-order chi connectivity index (χ1) is 13.8. The Balaban J connectivity index is 1.76. The molecular formula is C22H26N2O5. The molecule has 0 saturated carbocycles. The number of carbonyl (C=O) groups is 3. The highest BCUT2D eigenvalue weighted by Gasteiger charge is 2.13. The van der Waals surface area contributed by atoms with E-state index in [1.807, 2.05) is 32.9 Å². The molecule has 0 bridgehead atoms. The number of amides is 2. The third kappa shape index (κ3) is 6.34. The van der Waals surface area contributed by atoms with Crippen molar-refractivity contribution >= 4 is 23.5 Å². The van der Waals surface area contributed by atoms with Crippen molar-refractivity contribution in [3.05, 3.63) is 58.7 Å². The Morgan fingerprint density at radius 2 is 1.66 bits per heavy atom. The van der Waals surface area contributed by atoms with Crippen LogP contribution >= 0.6 is 0 Å². The molecule has 0 spiro atoms. The molecule has 2 amide bonds. The van der Waals surface area contributed by atoms with Gasteiger partial charge in [-0.1, -0.05) is 29.8 Å². The Morgan fingerprint density at radius 3 is 2.31 bits per heavy atom. The van der Waals surface area contributed by atoms with Crippen LogP contribution in [-0.4, -0.2) is 38.0 Å². The van der Waals surface area contributed by atoms with Crippen LogP contribution < -0.4 is 15.4 Å². The maximum atomic E-state index is 12.2. The van der Waals surface area contributed by atoms with Crippen molar-refractivity contribution in [2.75, 3.05) is 25.6 Å². The minimum absolute atomic E-state index is 0.0449. The normalized spacial score (nSPS) is 10.2. The molecule has 0 aliphatic carbocycles. The number of aryl methyl sites for hydroxylation is 3. The van der Waals surface area contributed by atoms with Crippen LogP contribution in [0.25, 0.3) is 0 Å². The summed E-state index contributed by atoms with van der Waals surface area (Å²) in [6.45, 7) is 5.51. The van der Waals surface area contributed by atoms with E-state index in [9.17, 15) is 14.4 Å². The predicted octanol–water partition coefficient (Wildman–Crippen LogP) is 2.92. The number of carbonyl (C=O) groups excluding carboxylic acids is 3. The third-order valence-electron chi connectivity index (χ3n) is 4.27. The second kappa shape index (κ2) is 10.3. The Bertz CT molecular complexity index is 885. The van der Waals surface area contributed by atoms with Crippen LogP contribution in [0.2, 0.25) is 0 Å². The number of para-hydroxylation sites is 1. The van der Waals surface area contributed by atoms with Crippen LogP contribution in [0.1, 0.15) is 33.5 Å². The van der Waals surface area contributed by atoms with E-state index < -0.39 is 11.9 Å². The lowest BCUT2D eigenvalue weighted by Gasteiger charge is -2.13. The Hall–Kier alpha value is -3.35. The zero-order valence-electron chi connectivity index (χ0n) is 17.1. The molecule has 7 heteroatoms. The number of anilines is 1. The van der Waals surface area contributed by atoms with Gasteiger partial charge in [0.1, 0.15) is 5.75 Å². The van der Waals surface area contributed by atoms with Crippen LogP contribution in [0.5, 0.6) is 5.75 Å². The molecule has 2 aromatic rings. The minimum Gasteiger partial charge on any atom is -0.496 e. The summed E-state index contributed by atoms with van der Waals surface area (Å²) in [4.78, 5) is 36.1. The average molecular weight is 398 g/mol. The second-order valence-corrected chi connectivity index (χ2v) is 6.69. The molecule has 0 unspecified atom stereocenters. The van der Waals surface area contributed by atoms with Crippen molar-refractivity contribution in [3.63, 3.8) is 0 Å². The molecule has 7 nitrogen and oxygen atoms in total. The predicted molar refractivity (Wildman–Crippen MR) is 110 cm³/mol. The lowest BCUT2D eigenvalue weighted by Crippen LogP contribution is -2.28. The van der Waals surface area contributed by atoms with Crippen LogP contribution in [0.4, 0.5) is 5.69 Å². The number of hydrogen-bond acceptors (Lipinski definition) is 5. The van der Waals surface area contributed by atoms with Gasteiger partial charge >= 0.3 is 5.97 Å². The molecule has 0 radical (unpaired) electrons. The highest BCUT2D eigenvalue weighted by Crippen LogP contribution is 2.21. The summed E-state index contributed by atoms with van der Waals surface area (Å²) >= 11 is 0. The molecule has 0 fully saturated rings. The summed E-state index contributed by atoms with van der Waals surface area (Å²) in [5.41, 5.74) is 4.11. The van der Waals surface area contributed by atoms with Crippen molar-refractivity contribution in [2.24, 2.45) is 0 Å². The highest BCUT2D eigenvalue weighted by molar-refractivity contribution is 5.97. The van der Waals surface area contributed by atoms with Crippen molar-refractivity contribution in [1.82, 2.24) is 5.32 Å². The van der Waals surface area contributed by atoms with Crippen LogP contribution in [0, 0.1) is 20.8 Å². The molecule has 0 heterocycles. The van der Waals surface area contributed by atoms with Crippen LogP contribution in [0.15, 0.2) is 36.4 Å². The number of methoxy groups -OCH3 is 1. The van der Waals surface area contributed by atoms with E-state index in [2.05, 4.69) is 10.6 Å².